The topological polar surface area (TPSA) is 129 Å². The molecule has 1 aromatic carbocycles. The van der Waals surface area contributed by atoms with Crippen LogP contribution in [-0.2, 0) is 27.3 Å². The van der Waals surface area contributed by atoms with Gasteiger partial charge in [0.2, 0.25) is 5.91 Å². The lowest BCUT2D eigenvalue weighted by Gasteiger charge is -2.22. The van der Waals surface area contributed by atoms with Crippen molar-refractivity contribution in [2.45, 2.75) is 32.3 Å². The highest BCUT2D eigenvalue weighted by molar-refractivity contribution is 5.87. The molecule has 1 aromatic rings. The van der Waals surface area contributed by atoms with Gasteiger partial charge in [-0.1, -0.05) is 18.2 Å². The summed E-state index contributed by atoms with van der Waals surface area (Å²) in [5.74, 6) is -0.624. The Morgan fingerprint density at radius 2 is 1.96 bits per heavy atom. The highest BCUT2D eigenvalue weighted by Gasteiger charge is 2.15. The SMILES string of the molecule is NC(N)=NC(=O)OCc1cccc(CCC(=O)NCC2CCOCC2)c1F. The molecule has 0 unspecified atom stereocenters. The molecule has 5 N–H and O–H groups in total. The molecule has 0 radical (unpaired) electrons. The fourth-order valence-electron chi connectivity index (χ4n) is 2.76. The highest BCUT2D eigenvalue weighted by Crippen LogP contribution is 2.17. The molecule has 0 aliphatic carbocycles. The molecule has 1 fully saturated rings. The minimum absolute atomic E-state index is 0.120. The van der Waals surface area contributed by atoms with Crippen molar-refractivity contribution in [1.82, 2.24) is 5.32 Å². The van der Waals surface area contributed by atoms with Gasteiger partial charge in [-0.15, -0.1) is 4.99 Å². The molecule has 1 heterocycles. The molecule has 0 bridgehead atoms. The number of halogens is 1. The number of rotatable bonds is 7. The second kappa shape index (κ2) is 10.5. The van der Waals surface area contributed by atoms with Gasteiger partial charge in [-0.2, -0.15) is 0 Å². The number of nitrogens with one attached hydrogen (secondary N) is 1. The molecule has 2 rings (SSSR count). The molecule has 0 aromatic heterocycles. The van der Waals surface area contributed by atoms with Gasteiger partial charge in [0, 0.05) is 31.7 Å². The van der Waals surface area contributed by atoms with E-state index in [-0.39, 0.29) is 30.9 Å². The lowest BCUT2D eigenvalue weighted by molar-refractivity contribution is -0.121. The quantitative estimate of drug-likeness (QED) is 0.482. The van der Waals surface area contributed by atoms with Crippen molar-refractivity contribution in [3.8, 4) is 0 Å². The molecule has 0 spiro atoms. The first-order chi connectivity index (χ1) is 13.0. The molecule has 1 saturated heterocycles. The number of benzene rings is 1. The molecule has 1 aliphatic rings. The number of carbonyl (C=O) groups excluding carboxylic acids is 2. The van der Waals surface area contributed by atoms with Gasteiger partial charge in [-0.05, 0) is 30.7 Å². The number of hydrogen-bond donors (Lipinski definition) is 3. The summed E-state index contributed by atoms with van der Waals surface area (Å²) >= 11 is 0. The number of amides is 2. The van der Waals surface area contributed by atoms with Crippen LogP contribution in [0.15, 0.2) is 23.2 Å². The first kappa shape index (κ1) is 20.6. The van der Waals surface area contributed by atoms with E-state index in [1.807, 2.05) is 0 Å². The standard InChI is InChI=1S/C18H25FN4O4/c19-16-13(2-1-3-14(16)11-27-18(25)23-17(20)21)4-5-15(24)22-10-12-6-8-26-9-7-12/h1-3,12H,4-11H2,(H,22,24)(H4,20,21,23,25). The summed E-state index contributed by atoms with van der Waals surface area (Å²) in [6, 6.07) is 4.73. The van der Waals surface area contributed by atoms with E-state index < -0.39 is 17.9 Å². The highest BCUT2D eigenvalue weighted by atomic mass is 19.1. The number of aryl methyl sites for hydroxylation is 1. The van der Waals surface area contributed by atoms with Crippen LogP contribution < -0.4 is 16.8 Å². The minimum Gasteiger partial charge on any atom is -0.443 e. The third-order valence-electron chi connectivity index (χ3n) is 4.28. The van der Waals surface area contributed by atoms with E-state index in [1.165, 1.54) is 6.07 Å². The first-order valence-electron chi connectivity index (χ1n) is 8.82. The summed E-state index contributed by atoms with van der Waals surface area (Å²) < 4.78 is 24.6. The van der Waals surface area contributed by atoms with Crippen molar-refractivity contribution in [2.75, 3.05) is 19.8 Å². The molecule has 2 amide bonds. The number of ether oxygens (including phenoxy) is 2. The smallest absolute Gasteiger partial charge is 0.437 e. The summed E-state index contributed by atoms with van der Waals surface area (Å²) in [7, 11) is 0. The zero-order valence-electron chi connectivity index (χ0n) is 15.1. The average molecular weight is 380 g/mol. The van der Waals surface area contributed by atoms with E-state index in [9.17, 15) is 14.0 Å². The van der Waals surface area contributed by atoms with Gasteiger partial charge in [0.25, 0.3) is 0 Å². The molecule has 0 saturated carbocycles. The number of hydrogen-bond acceptors (Lipinski definition) is 4. The summed E-state index contributed by atoms with van der Waals surface area (Å²) in [4.78, 5) is 26.5. The van der Waals surface area contributed by atoms with E-state index in [0.29, 0.717) is 18.0 Å². The number of carbonyl (C=O) groups is 2. The van der Waals surface area contributed by atoms with Crippen LogP contribution >= 0.6 is 0 Å². The summed E-state index contributed by atoms with van der Waals surface area (Å²) in [6.07, 6.45) is 1.32. The van der Waals surface area contributed by atoms with Gasteiger partial charge in [-0.3, -0.25) is 4.79 Å². The maximum Gasteiger partial charge on any atom is 0.437 e. The van der Waals surface area contributed by atoms with Gasteiger partial charge < -0.3 is 26.3 Å². The third kappa shape index (κ3) is 7.22. The van der Waals surface area contributed by atoms with Gasteiger partial charge in [0.15, 0.2) is 5.96 Å². The second-order valence-electron chi connectivity index (χ2n) is 6.34. The third-order valence-corrected chi connectivity index (χ3v) is 4.28. The Morgan fingerprint density at radius 3 is 2.67 bits per heavy atom. The van der Waals surface area contributed by atoms with E-state index >= 15 is 0 Å². The molecule has 0 atom stereocenters. The van der Waals surface area contributed by atoms with Crippen LogP contribution in [0.3, 0.4) is 0 Å². The largest absolute Gasteiger partial charge is 0.443 e. The van der Waals surface area contributed by atoms with E-state index in [1.54, 1.807) is 12.1 Å². The van der Waals surface area contributed by atoms with Gasteiger partial charge in [-0.25, -0.2) is 9.18 Å². The maximum atomic E-state index is 14.5. The van der Waals surface area contributed by atoms with Crippen LogP contribution in [-0.4, -0.2) is 37.7 Å². The van der Waals surface area contributed by atoms with Crippen molar-refractivity contribution in [3.63, 3.8) is 0 Å². The van der Waals surface area contributed by atoms with Gasteiger partial charge in [0.05, 0.1) is 0 Å². The van der Waals surface area contributed by atoms with Crippen LogP contribution in [0.5, 0.6) is 0 Å². The van der Waals surface area contributed by atoms with Crippen LogP contribution in [0.1, 0.15) is 30.4 Å². The molecule has 148 valence electrons. The zero-order valence-corrected chi connectivity index (χ0v) is 15.1. The predicted octanol–water partition coefficient (Wildman–Crippen LogP) is 1.21. The Bertz CT molecular complexity index is 686. The van der Waals surface area contributed by atoms with Crippen LogP contribution in [0.2, 0.25) is 0 Å². The van der Waals surface area contributed by atoms with E-state index in [2.05, 4.69) is 10.3 Å². The van der Waals surface area contributed by atoms with Crippen molar-refractivity contribution >= 4 is 18.0 Å². The molecular weight excluding hydrogens is 355 g/mol. The van der Waals surface area contributed by atoms with Crippen molar-refractivity contribution in [3.05, 3.63) is 35.1 Å². The lowest BCUT2D eigenvalue weighted by Crippen LogP contribution is -2.32. The predicted molar refractivity (Wildman–Crippen MR) is 97.3 cm³/mol. The van der Waals surface area contributed by atoms with Crippen molar-refractivity contribution in [2.24, 2.45) is 22.4 Å². The minimum atomic E-state index is -0.993. The number of nitrogens with zero attached hydrogens (tertiary/aromatic N) is 1. The normalized spacial score (nSPS) is 14.4. The molecule has 9 heteroatoms. The van der Waals surface area contributed by atoms with Crippen LogP contribution in [0, 0.1) is 11.7 Å². The fourth-order valence-corrected chi connectivity index (χ4v) is 2.76. The Morgan fingerprint density at radius 1 is 1.26 bits per heavy atom. The van der Waals surface area contributed by atoms with Gasteiger partial charge in [0.1, 0.15) is 12.4 Å². The van der Waals surface area contributed by atoms with E-state index in [4.69, 9.17) is 20.9 Å². The second-order valence-corrected chi connectivity index (χ2v) is 6.34. The monoisotopic (exact) mass is 380 g/mol. The summed E-state index contributed by atoms with van der Waals surface area (Å²) in [5.41, 5.74) is 10.7. The number of nitrogens with two attached hydrogens (primary N) is 2. The van der Waals surface area contributed by atoms with Crippen LogP contribution in [0.25, 0.3) is 0 Å². The first-order valence-corrected chi connectivity index (χ1v) is 8.82. The van der Waals surface area contributed by atoms with Crippen molar-refractivity contribution in [1.29, 1.82) is 0 Å². The zero-order chi connectivity index (χ0) is 19.6. The molecule has 1 aliphatic heterocycles. The average Bonchev–Trinajstić information content (AvgIpc) is 2.65. The number of guanidine groups is 1. The van der Waals surface area contributed by atoms with Crippen LogP contribution in [0.4, 0.5) is 9.18 Å². The van der Waals surface area contributed by atoms with E-state index in [0.717, 1.165) is 26.1 Å². The fraction of sp³-hybridized carbons (Fsp3) is 0.500. The molecule has 27 heavy (non-hydrogen) atoms. The Labute approximate surface area is 157 Å². The Hall–Kier alpha value is -2.68. The Balaban J connectivity index is 1.81. The maximum absolute atomic E-state index is 14.5. The molecular formula is C18H25FN4O4. The summed E-state index contributed by atoms with van der Waals surface area (Å²) in [6.45, 7) is 1.77. The molecule has 8 nitrogen and oxygen atoms in total. The lowest BCUT2D eigenvalue weighted by atomic mass is 10.0. The summed E-state index contributed by atoms with van der Waals surface area (Å²) in [5, 5.41) is 2.89. The number of aliphatic imine (C=N–C) groups is 1. The Kier molecular flexibility index (Phi) is 8.00. The van der Waals surface area contributed by atoms with Gasteiger partial charge >= 0.3 is 6.09 Å². The van der Waals surface area contributed by atoms with Crippen molar-refractivity contribution < 1.29 is 23.5 Å².